The van der Waals surface area contributed by atoms with Crippen LogP contribution in [0.25, 0.3) is 21.5 Å². The molecule has 0 radical (unpaired) electrons. The number of rotatable bonds is 1. The fourth-order valence-corrected chi connectivity index (χ4v) is 3.56. The van der Waals surface area contributed by atoms with Crippen molar-refractivity contribution in [2.45, 2.75) is 18.9 Å². The van der Waals surface area contributed by atoms with Crippen LogP contribution in [0.1, 0.15) is 18.1 Å². The standard InChI is InChI=1S/C19H16O/c1-2-10-19(20)12-14-11-13-6-3-4-7-15(13)16-8-5-9-17(19)18(14)16/h2-11,20H,12H2,1H3/b10-2+. The van der Waals surface area contributed by atoms with E-state index in [1.54, 1.807) is 0 Å². The van der Waals surface area contributed by atoms with Gasteiger partial charge in [-0.3, -0.25) is 0 Å². The molecule has 98 valence electrons. The van der Waals surface area contributed by atoms with Crippen molar-refractivity contribution in [2.24, 2.45) is 0 Å². The van der Waals surface area contributed by atoms with E-state index in [4.69, 9.17) is 0 Å². The van der Waals surface area contributed by atoms with E-state index in [-0.39, 0.29) is 0 Å². The van der Waals surface area contributed by atoms with Gasteiger partial charge >= 0.3 is 0 Å². The monoisotopic (exact) mass is 260 g/mol. The van der Waals surface area contributed by atoms with Crippen molar-refractivity contribution >= 4 is 21.5 Å². The summed E-state index contributed by atoms with van der Waals surface area (Å²) in [5.74, 6) is 0. The molecule has 3 aromatic carbocycles. The Morgan fingerprint density at radius 2 is 1.85 bits per heavy atom. The molecule has 0 aromatic heterocycles. The molecule has 1 aliphatic rings. The Kier molecular flexibility index (Phi) is 2.30. The maximum absolute atomic E-state index is 10.9. The largest absolute Gasteiger partial charge is 0.381 e. The molecule has 1 unspecified atom stereocenters. The number of hydrogen-bond donors (Lipinski definition) is 1. The average Bonchev–Trinajstić information content (AvgIpc) is 2.74. The molecule has 1 atom stereocenters. The third-order valence-corrected chi connectivity index (χ3v) is 4.34. The Balaban J connectivity index is 2.18. The summed E-state index contributed by atoms with van der Waals surface area (Å²) in [7, 11) is 0. The fraction of sp³-hybridized carbons (Fsp3) is 0.158. The molecule has 1 N–H and O–H groups in total. The molecule has 3 aromatic rings. The minimum atomic E-state index is -0.853. The van der Waals surface area contributed by atoms with Gasteiger partial charge in [0.1, 0.15) is 5.60 Å². The second kappa shape index (κ2) is 3.94. The van der Waals surface area contributed by atoms with Crippen molar-refractivity contribution in [3.05, 3.63) is 71.8 Å². The first-order chi connectivity index (χ1) is 9.73. The van der Waals surface area contributed by atoms with Crippen LogP contribution < -0.4 is 0 Å². The van der Waals surface area contributed by atoms with Gasteiger partial charge in [-0.15, -0.1) is 0 Å². The smallest absolute Gasteiger partial charge is 0.112 e. The highest BCUT2D eigenvalue weighted by molar-refractivity contribution is 6.11. The lowest BCUT2D eigenvalue weighted by Crippen LogP contribution is -2.21. The van der Waals surface area contributed by atoms with Gasteiger partial charge in [-0.05, 0) is 39.6 Å². The van der Waals surface area contributed by atoms with Gasteiger partial charge in [-0.1, -0.05) is 60.7 Å². The number of allylic oxidation sites excluding steroid dienone is 1. The van der Waals surface area contributed by atoms with Gasteiger partial charge < -0.3 is 5.11 Å². The van der Waals surface area contributed by atoms with Crippen molar-refractivity contribution in [3.63, 3.8) is 0 Å². The summed E-state index contributed by atoms with van der Waals surface area (Å²) in [6, 6.07) is 16.9. The van der Waals surface area contributed by atoms with Crippen molar-refractivity contribution in [1.82, 2.24) is 0 Å². The summed E-state index contributed by atoms with van der Waals surface area (Å²) in [6.45, 7) is 1.96. The van der Waals surface area contributed by atoms with Crippen LogP contribution in [0.3, 0.4) is 0 Å². The highest BCUT2D eigenvalue weighted by atomic mass is 16.3. The van der Waals surface area contributed by atoms with Gasteiger partial charge in [0.25, 0.3) is 0 Å². The van der Waals surface area contributed by atoms with E-state index in [2.05, 4.69) is 36.4 Å². The minimum Gasteiger partial charge on any atom is -0.381 e. The lowest BCUT2D eigenvalue weighted by atomic mass is 9.94. The van der Waals surface area contributed by atoms with Gasteiger partial charge in [0.2, 0.25) is 0 Å². The molecular weight excluding hydrogens is 244 g/mol. The zero-order valence-electron chi connectivity index (χ0n) is 11.4. The van der Waals surface area contributed by atoms with Crippen molar-refractivity contribution in [2.75, 3.05) is 0 Å². The number of aliphatic hydroxyl groups is 1. The van der Waals surface area contributed by atoms with Crippen LogP contribution in [0.5, 0.6) is 0 Å². The van der Waals surface area contributed by atoms with E-state index in [0.717, 1.165) is 5.56 Å². The number of hydrogen-bond acceptors (Lipinski definition) is 1. The van der Waals surface area contributed by atoms with Gasteiger partial charge in [-0.25, -0.2) is 0 Å². The second-order valence-corrected chi connectivity index (χ2v) is 5.59. The normalized spacial score (nSPS) is 21.3. The van der Waals surface area contributed by atoms with Crippen LogP contribution in [-0.2, 0) is 12.0 Å². The third-order valence-electron chi connectivity index (χ3n) is 4.34. The van der Waals surface area contributed by atoms with Crippen LogP contribution in [0.15, 0.2) is 60.7 Å². The first-order valence-corrected chi connectivity index (χ1v) is 7.03. The van der Waals surface area contributed by atoms with E-state index in [1.165, 1.54) is 27.1 Å². The summed E-state index contributed by atoms with van der Waals surface area (Å²) in [4.78, 5) is 0. The molecule has 0 heterocycles. The van der Waals surface area contributed by atoms with Gasteiger partial charge in [0.05, 0.1) is 0 Å². The zero-order valence-corrected chi connectivity index (χ0v) is 11.4. The Labute approximate surface area is 118 Å². The predicted molar refractivity (Wildman–Crippen MR) is 83.9 cm³/mol. The predicted octanol–water partition coefficient (Wildman–Crippen LogP) is 4.31. The van der Waals surface area contributed by atoms with Crippen molar-refractivity contribution in [3.8, 4) is 0 Å². The molecule has 1 heteroatoms. The molecule has 1 aliphatic carbocycles. The molecule has 0 aliphatic heterocycles. The summed E-state index contributed by atoms with van der Waals surface area (Å²) in [6.07, 6.45) is 4.51. The van der Waals surface area contributed by atoms with Gasteiger partial charge in [0, 0.05) is 6.42 Å². The van der Waals surface area contributed by atoms with Crippen LogP contribution in [0, 0.1) is 0 Å². The topological polar surface area (TPSA) is 20.2 Å². The average molecular weight is 260 g/mol. The van der Waals surface area contributed by atoms with Crippen LogP contribution in [0.2, 0.25) is 0 Å². The maximum atomic E-state index is 10.9. The molecule has 0 bridgehead atoms. The molecule has 0 spiro atoms. The molecule has 20 heavy (non-hydrogen) atoms. The van der Waals surface area contributed by atoms with E-state index < -0.39 is 5.60 Å². The number of benzene rings is 3. The molecule has 0 fully saturated rings. The summed E-state index contributed by atoms with van der Waals surface area (Å²) >= 11 is 0. The highest BCUT2D eigenvalue weighted by Gasteiger charge is 2.35. The maximum Gasteiger partial charge on any atom is 0.112 e. The molecular formula is C19H16O. The van der Waals surface area contributed by atoms with Gasteiger partial charge in [-0.2, -0.15) is 0 Å². The second-order valence-electron chi connectivity index (χ2n) is 5.59. The van der Waals surface area contributed by atoms with Gasteiger partial charge in [0.15, 0.2) is 0 Å². The highest BCUT2D eigenvalue weighted by Crippen LogP contribution is 2.44. The Bertz CT molecular complexity index is 860. The van der Waals surface area contributed by atoms with E-state index in [1.807, 2.05) is 31.2 Å². The first kappa shape index (κ1) is 11.7. The lowest BCUT2D eigenvalue weighted by Gasteiger charge is -2.19. The fourth-order valence-electron chi connectivity index (χ4n) is 3.56. The summed E-state index contributed by atoms with van der Waals surface area (Å²) < 4.78 is 0. The minimum absolute atomic E-state index is 0.665. The van der Waals surface area contributed by atoms with Crippen LogP contribution in [0.4, 0.5) is 0 Å². The zero-order chi connectivity index (χ0) is 13.7. The van der Waals surface area contributed by atoms with E-state index >= 15 is 0 Å². The SMILES string of the molecule is C/C=C/C1(O)Cc2cc3ccccc3c3cccc1c23. The molecule has 0 saturated carbocycles. The molecule has 4 rings (SSSR count). The summed E-state index contributed by atoms with van der Waals surface area (Å²) in [5, 5.41) is 15.9. The van der Waals surface area contributed by atoms with Crippen molar-refractivity contribution in [1.29, 1.82) is 0 Å². The Morgan fingerprint density at radius 3 is 2.70 bits per heavy atom. The van der Waals surface area contributed by atoms with Crippen LogP contribution >= 0.6 is 0 Å². The van der Waals surface area contributed by atoms with Crippen molar-refractivity contribution < 1.29 is 5.11 Å². The Hall–Kier alpha value is -2.12. The Morgan fingerprint density at radius 1 is 1.05 bits per heavy atom. The molecule has 0 amide bonds. The van der Waals surface area contributed by atoms with E-state index in [0.29, 0.717) is 6.42 Å². The van der Waals surface area contributed by atoms with E-state index in [9.17, 15) is 5.11 Å². The number of fused-ring (bicyclic) bond motifs is 2. The third kappa shape index (κ3) is 1.41. The first-order valence-electron chi connectivity index (χ1n) is 7.03. The molecule has 1 nitrogen and oxygen atoms in total. The molecule has 0 saturated heterocycles. The quantitative estimate of drug-likeness (QED) is 0.510. The summed E-state index contributed by atoms with van der Waals surface area (Å²) in [5.41, 5.74) is 1.43. The van der Waals surface area contributed by atoms with Crippen LogP contribution in [-0.4, -0.2) is 5.11 Å². The lowest BCUT2D eigenvalue weighted by molar-refractivity contribution is 0.0968.